The van der Waals surface area contributed by atoms with E-state index in [1.807, 2.05) is 29.2 Å². The van der Waals surface area contributed by atoms with Gasteiger partial charge >= 0.3 is 0 Å². The van der Waals surface area contributed by atoms with Crippen molar-refractivity contribution in [1.82, 2.24) is 14.5 Å². The minimum Gasteiger partial charge on any atom is -0.493 e. The molecule has 0 spiro atoms. The molecule has 194 valence electrons. The van der Waals surface area contributed by atoms with E-state index in [1.165, 1.54) is 11.1 Å². The maximum atomic E-state index is 13.5. The molecule has 2 aromatic rings. The number of benzene rings is 2. The zero-order valence-electron chi connectivity index (χ0n) is 20.4. The topological polar surface area (TPSA) is 96.0 Å². The number of nitrogens with zero attached hydrogens (tertiary/aromatic N) is 2. The van der Waals surface area contributed by atoms with Crippen LogP contribution < -0.4 is 9.46 Å². The summed E-state index contributed by atoms with van der Waals surface area (Å²) >= 11 is 6.11. The monoisotopic (exact) mass is 533 g/mol. The van der Waals surface area contributed by atoms with E-state index in [0.29, 0.717) is 62.8 Å². The standard InChI is InChI=1S/C26H32ClN3O5S/c1-36(33,34)28-17-25(32)29-13-10-26(11-14-29,19-35-23-8-4-7-22(27)15-23)16-24(31)30-12-9-20-5-2-3-6-21(20)18-30/h2-8,15,28H,9-14,16-19H2,1H3. The number of carbonyl (C=O) groups is 2. The number of rotatable bonds is 8. The first-order valence-electron chi connectivity index (χ1n) is 12.1. The number of hydrogen-bond acceptors (Lipinski definition) is 5. The van der Waals surface area contributed by atoms with Gasteiger partial charge in [0.1, 0.15) is 5.75 Å². The number of halogens is 1. The number of ether oxygens (including phenoxy) is 1. The van der Waals surface area contributed by atoms with Crippen molar-refractivity contribution < 1.29 is 22.7 Å². The van der Waals surface area contributed by atoms with Crippen LogP contribution in [0.1, 0.15) is 30.4 Å². The summed E-state index contributed by atoms with van der Waals surface area (Å²) in [5, 5.41) is 0.573. The fraction of sp³-hybridized carbons (Fsp3) is 0.462. The Morgan fingerprint density at radius 3 is 2.42 bits per heavy atom. The number of nitrogens with one attached hydrogen (secondary N) is 1. The van der Waals surface area contributed by atoms with Crippen LogP contribution in [0.3, 0.4) is 0 Å². The molecule has 4 rings (SSSR count). The summed E-state index contributed by atoms with van der Waals surface area (Å²) < 4.78 is 31.1. The van der Waals surface area contributed by atoms with Gasteiger partial charge in [-0.2, -0.15) is 0 Å². The maximum Gasteiger partial charge on any atom is 0.237 e. The van der Waals surface area contributed by atoms with Gasteiger partial charge < -0.3 is 14.5 Å². The van der Waals surface area contributed by atoms with E-state index < -0.39 is 15.4 Å². The number of piperidine rings is 1. The number of carbonyl (C=O) groups excluding carboxylic acids is 2. The Morgan fingerprint density at radius 1 is 1.00 bits per heavy atom. The first-order valence-corrected chi connectivity index (χ1v) is 14.3. The molecule has 1 fully saturated rings. The second-order valence-corrected chi connectivity index (χ2v) is 12.0. The number of hydrogen-bond donors (Lipinski definition) is 1. The smallest absolute Gasteiger partial charge is 0.237 e. The number of sulfonamides is 1. The maximum absolute atomic E-state index is 13.5. The lowest BCUT2D eigenvalue weighted by atomic mass is 9.75. The van der Waals surface area contributed by atoms with Crippen LogP contribution >= 0.6 is 11.6 Å². The third-order valence-electron chi connectivity index (χ3n) is 7.01. The van der Waals surface area contributed by atoms with E-state index in [-0.39, 0.29) is 18.4 Å². The summed E-state index contributed by atoms with van der Waals surface area (Å²) in [5.74, 6) is 0.443. The molecule has 0 unspecified atom stereocenters. The highest BCUT2D eigenvalue weighted by Crippen LogP contribution is 2.37. The van der Waals surface area contributed by atoms with Crippen molar-refractivity contribution in [1.29, 1.82) is 0 Å². The van der Waals surface area contributed by atoms with Crippen LogP contribution in [0.2, 0.25) is 5.02 Å². The molecule has 0 saturated carbocycles. The Kier molecular flexibility index (Phi) is 8.22. The van der Waals surface area contributed by atoms with E-state index in [0.717, 1.165) is 12.7 Å². The van der Waals surface area contributed by atoms with Gasteiger partial charge in [-0.15, -0.1) is 0 Å². The molecule has 2 aromatic carbocycles. The van der Waals surface area contributed by atoms with Crippen LogP contribution in [0.4, 0.5) is 0 Å². The first kappa shape index (κ1) is 26.4. The van der Waals surface area contributed by atoms with Gasteiger partial charge in [0.2, 0.25) is 21.8 Å². The molecular formula is C26H32ClN3O5S. The fourth-order valence-corrected chi connectivity index (χ4v) is 5.41. The zero-order valence-corrected chi connectivity index (χ0v) is 22.0. The minimum atomic E-state index is -3.45. The second kappa shape index (κ2) is 11.2. The summed E-state index contributed by atoms with van der Waals surface area (Å²) in [6.07, 6.45) is 3.34. The predicted octanol–water partition coefficient (Wildman–Crippen LogP) is 2.85. The average molecular weight is 534 g/mol. The van der Waals surface area contributed by atoms with Crippen LogP contribution in [-0.4, -0.2) is 69.1 Å². The lowest BCUT2D eigenvalue weighted by molar-refractivity contribution is -0.138. The summed E-state index contributed by atoms with van der Waals surface area (Å²) in [7, 11) is -3.45. The molecule has 0 bridgehead atoms. The van der Waals surface area contributed by atoms with Gasteiger partial charge in [0.25, 0.3) is 0 Å². The SMILES string of the molecule is CS(=O)(=O)NCC(=O)N1CCC(COc2cccc(Cl)c2)(CC(=O)N2CCc3ccccc3C2)CC1. The second-order valence-electron chi connectivity index (χ2n) is 9.73. The van der Waals surface area contributed by atoms with E-state index >= 15 is 0 Å². The van der Waals surface area contributed by atoms with Crippen molar-refractivity contribution >= 4 is 33.4 Å². The van der Waals surface area contributed by atoms with Gasteiger partial charge in [-0.25, -0.2) is 13.1 Å². The zero-order chi connectivity index (χ0) is 25.8. The van der Waals surface area contributed by atoms with Crippen molar-refractivity contribution in [3.05, 3.63) is 64.7 Å². The van der Waals surface area contributed by atoms with E-state index in [2.05, 4.69) is 16.9 Å². The molecule has 10 heteroatoms. The van der Waals surface area contributed by atoms with Crippen molar-refractivity contribution in [2.75, 3.05) is 39.0 Å². The molecule has 1 saturated heterocycles. The van der Waals surface area contributed by atoms with Crippen LogP contribution in [0.5, 0.6) is 5.75 Å². The Morgan fingerprint density at radius 2 is 1.72 bits per heavy atom. The molecule has 2 aliphatic rings. The third kappa shape index (κ3) is 6.99. The summed E-state index contributed by atoms with van der Waals surface area (Å²) in [5.41, 5.74) is 2.02. The normalized spacial score (nSPS) is 17.4. The Balaban J connectivity index is 1.44. The van der Waals surface area contributed by atoms with Crippen molar-refractivity contribution in [3.63, 3.8) is 0 Å². The van der Waals surface area contributed by atoms with Gasteiger partial charge in [-0.3, -0.25) is 9.59 Å². The van der Waals surface area contributed by atoms with Crippen molar-refractivity contribution in [3.8, 4) is 5.75 Å². The average Bonchev–Trinajstić information content (AvgIpc) is 2.86. The van der Waals surface area contributed by atoms with Gasteiger partial charge in [-0.05, 0) is 48.6 Å². The lowest BCUT2D eigenvalue weighted by Crippen LogP contribution is -2.50. The van der Waals surface area contributed by atoms with Crippen LogP contribution in [0.15, 0.2) is 48.5 Å². The Labute approximate surface area is 217 Å². The Bertz CT molecular complexity index is 1210. The molecule has 0 aliphatic carbocycles. The molecule has 2 amide bonds. The van der Waals surface area contributed by atoms with Crippen LogP contribution in [0.25, 0.3) is 0 Å². The molecule has 2 aliphatic heterocycles. The highest BCUT2D eigenvalue weighted by Gasteiger charge is 2.40. The van der Waals surface area contributed by atoms with Gasteiger partial charge in [0.15, 0.2) is 0 Å². The Hall–Kier alpha value is -2.62. The quantitative estimate of drug-likeness (QED) is 0.563. The van der Waals surface area contributed by atoms with E-state index in [4.69, 9.17) is 16.3 Å². The largest absolute Gasteiger partial charge is 0.493 e. The molecule has 0 aromatic heterocycles. The van der Waals surface area contributed by atoms with E-state index in [9.17, 15) is 18.0 Å². The highest BCUT2D eigenvalue weighted by molar-refractivity contribution is 7.88. The summed E-state index contributed by atoms with van der Waals surface area (Å²) in [6, 6.07) is 15.4. The van der Waals surface area contributed by atoms with Gasteiger partial charge in [0, 0.05) is 43.0 Å². The molecule has 0 atom stereocenters. The predicted molar refractivity (Wildman–Crippen MR) is 138 cm³/mol. The number of fused-ring (bicyclic) bond motifs is 1. The summed E-state index contributed by atoms with van der Waals surface area (Å²) in [6.45, 7) is 2.20. The van der Waals surface area contributed by atoms with Crippen molar-refractivity contribution in [2.45, 2.75) is 32.2 Å². The van der Waals surface area contributed by atoms with E-state index in [1.54, 1.807) is 17.0 Å². The lowest BCUT2D eigenvalue weighted by Gasteiger charge is -2.42. The molecule has 0 radical (unpaired) electrons. The van der Waals surface area contributed by atoms with Crippen molar-refractivity contribution in [2.24, 2.45) is 5.41 Å². The molecule has 1 N–H and O–H groups in total. The molecule has 8 nitrogen and oxygen atoms in total. The van der Waals surface area contributed by atoms with Gasteiger partial charge in [0.05, 0.1) is 19.4 Å². The van der Waals surface area contributed by atoms with Crippen LogP contribution in [0, 0.1) is 5.41 Å². The highest BCUT2D eigenvalue weighted by atomic mass is 35.5. The third-order valence-corrected chi connectivity index (χ3v) is 7.92. The molecule has 36 heavy (non-hydrogen) atoms. The first-order chi connectivity index (χ1) is 17.1. The van der Waals surface area contributed by atoms with Gasteiger partial charge in [-0.1, -0.05) is 41.9 Å². The molecular weight excluding hydrogens is 502 g/mol. The fourth-order valence-electron chi connectivity index (χ4n) is 4.84. The number of amides is 2. The number of likely N-dealkylation sites (tertiary alicyclic amines) is 1. The minimum absolute atomic E-state index is 0.0812. The summed E-state index contributed by atoms with van der Waals surface area (Å²) in [4.78, 5) is 29.6. The molecule has 2 heterocycles. The van der Waals surface area contributed by atoms with Crippen LogP contribution in [-0.2, 0) is 32.6 Å².